The van der Waals surface area contributed by atoms with Gasteiger partial charge in [-0.15, -0.1) is 0 Å². The molecule has 26 heavy (non-hydrogen) atoms. The van der Waals surface area contributed by atoms with E-state index in [1.165, 1.54) is 42.2 Å². The van der Waals surface area contributed by atoms with Gasteiger partial charge in [-0.25, -0.2) is 4.68 Å². The van der Waals surface area contributed by atoms with Gasteiger partial charge in [-0.3, -0.25) is 9.59 Å². The van der Waals surface area contributed by atoms with Gasteiger partial charge >= 0.3 is 0 Å². The van der Waals surface area contributed by atoms with Gasteiger partial charge in [0.25, 0.3) is 5.56 Å². The van der Waals surface area contributed by atoms with Crippen LogP contribution >= 0.6 is 0 Å². The summed E-state index contributed by atoms with van der Waals surface area (Å²) in [5.74, 6) is -0.0296. The van der Waals surface area contributed by atoms with Crippen LogP contribution in [0.5, 0.6) is 0 Å². The topological polar surface area (TPSA) is 68.4 Å². The van der Waals surface area contributed by atoms with Gasteiger partial charge in [0.2, 0.25) is 5.91 Å². The van der Waals surface area contributed by atoms with Gasteiger partial charge in [0.1, 0.15) is 0 Å². The first-order valence-electron chi connectivity index (χ1n) is 9.37. The number of aromatic nitrogens is 2. The van der Waals surface area contributed by atoms with Crippen molar-refractivity contribution >= 4 is 5.91 Å². The molecule has 0 radical (unpaired) electrons. The Morgan fingerprint density at radius 3 is 2.62 bits per heavy atom. The predicted molar refractivity (Wildman–Crippen MR) is 101 cm³/mol. The summed E-state index contributed by atoms with van der Waals surface area (Å²) in [7, 11) is 0. The average Bonchev–Trinajstić information content (AvgIpc) is 3.15. The summed E-state index contributed by atoms with van der Waals surface area (Å²) >= 11 is 0. The molecule has 1 saturated heterocycles. The molecule has 1 fully saturated rings. The maximum Gasteiger partial charge on any atom is 0.266 e. The largest absolute Gasteiger partial charge is 0.350 e. The number of hydrogen-bond donors (Lipinski definition) is 2. The first kappa shape index (κ1) is 18.3. The molecule has 138 valence electrons. The quantitative estimate of drug-likeness (QED) is 0.756. The van der Waals surface area contributed by atoms with Crippen LogP contribution in [0, 0.1) is 6.92 Å². The van der Waals surface area contributed by atoms with Crippen molar-refractivity contribution in [2.75, 3.05) is 26.2 Å². The van der Waals surface area contributed by atoms with Gasteiger partial charge in [-0.05, 0) is 13.0 Å². The first-order chi connectivity index (χ1) is 12.6. The van der Waals surface area contributed by atoms with Crippen LogP contribution in [0.25, 0.3) is 11.3 Å². The fourth-order valence-corrected chi connectivity index (χ4v) is 3.29. The van der Waals surface area contributed by atoms with Crippen molar-refractivity contribution in [2.24, 2.45) is 0 Å². The number of aryl methyl sites for hydroxylation is 2. The maximum absolute atomic E-state index is 12.0. The minimum atomic E-state index is -0.185. The van der Waals surface area contributed by atoms with Crippen molar-refractivity contribution in [3.63, 3.8) is 0 Å². The van der Waals surface area contributed by atoms with E-state index in [4.69, 9.17) is 0 Å². The predicted octanol–water partition coefficient (Wildman–Crippen LogP) is 0.404. The first-order valence-corrected chi connectivity index (χ1v) is 9.37. The van der Waals surface area contributed by atoms with Gasteiger partial charge in [-0.1, -0.05) is 29.8 Å². The Morgan fingerprint density at radius 2 is 1.88 bits per heavy atom. The molecule has 0 aliphatic carbocycles. The minimum Gasteiger partial charge on any atom is -0.350 e. The molecule has 3 rings (SSSR count). The zero-order valence-electron chi connectivity index (χ0n) is 15.3. The Labute approximate surface area is 153 Å². The lowest BCUT2D eigenvalue weighted by molar-refractivity contribution is -0.886. The molecule has 1 aromatic heterocycles. The number of benzene rings is 1. The second kappa shape index (κ2) is 8.76. The van der Waals surface area contributed by atoms with Crippen molar-refractivity contribution in [3.05, 3.63) is 52.3 Å². The number of likely N-dealkylation sites (tertiary alicyclic amines) is 1. The van der Waals surface area contributed by atoms with E-state index in [1.54, 1.807) is 11.0 Å². The van der Waals surface area contributed by atoms with Crippen LogP contribution in [0.15, 0.2) is 41.2 Å². The highest BCUT2D eigenvalue weighted by molar-refractivity contribution is 5.75. The lowest BCUT2D eigenvalue weighted by Crippen LogP contribution is -3.10. The van der Waals surface area contributed by atoms with E-state index in [0.717, 1.165) is 17.8 Å². The second-order valence-corrected chi connectivity index (χ2v) is 6.95. The summed E-state index contributed by atoms with van der Waals surface area (Å²) < 4.78 is 1.38. The number of nitrogens with zero attached hydrogens (tertiary/aromatic N) is 2. The molecule has 6 heteroatoms. The third-order valence-corrected chi connectivity index (χ3v) is 4.88. The zero-order valence-corrected chi connectivity index (χ0v) is 15.3. The standard InChI is InChI=1S/C20H26N4O2/c1-16-4-6-17(7-5-16)18-8-9-20(26)24(22-18)14-10-19(25)21-11-15-23-12-2-3-13-23/h4-9H,2-3,10-15H2,1H3,(H,21,25)/p+1. The molecule has 1 amide bonds. The fourth-order valence-electron chi connectivity index (χ4n) is 3.29. The van der Waals surface area contributed by atoms with E-state index in [2.05, 4.69) is 10.4 Å². The molecule has 0 bridgehead atoms. The molecule has 6 nitrogen and oxygen atoms in total. The highest BCUT2D eigenvalue weighted by atomic mass is 16.2. The SMILES string of the molecule is Cc1ccc(-c2ccc(=O)n(CCC(=O)NCC[NH+]3CCCC3)n2)cc1. The van der Waals surface area contributed by atoms with E-state index >= 15 is 0 Å². The van der Waals surface area contributed by atoms with Gasteiger partial charge in [0.05, 0.1) is 38.4 Å². The Bertz CT molecular complexity index is 792. The van der Waals surface area contributed by atoms with Crippen LogP contribution in [-0.4, -0.2) is 41.9 Å². The highest BCUT2D eigenvalue weighted by Crippen LogP contribution is 2.15. The van der Waals surface area contributed by atoms with Crippen LogP contribution in [0.4, 0.5) is 0 Å². The summed E-state index contributed by atoms with van der Waals surface area (Å²) in [6.07, 6.45) is 2.84. The second-order valence-electron chi connectivity index (χ2n) is 6.95. The molecule has 1 aliphatic rings. The molecular weight excluding hydrogens is 328 g/mol. The Hall–Kier alpha value is -2.47. The molecule has 1 aliphatic heterocycles. The zero-order chi connectivity index (χ0) is 18.4. The molecule has 2 N–H and O–H groups in total. The van der Waals surface area contributed by atoms with Crippen LogP contribution in [0.2, 0.25) is 0 Å². The Morgan fingerprint density at radius 1 is 1.15 bits per heavy atom. The normalized spacial score (nSPS) is 14.5. The number of nitrogens with one attached hydrogen (secondary N) is 2. The lowest BCUT2D eigenvalue weighted by Gasteiger charge is -2.12. The van der Waals surface area contributed by atoms with Crippen molar-refractivity contribution in [1.29, 1.82) is 0 Å². The van der Waals surface area contributed by atoms with Gasteiger partial charge in [0.15, 0.2) is 0 Å². The Kier molecular flexibility index (Phi) is 6.17. The average molecular weight is 355 g/mol. The van der Waals surface area contributed by atoms with E-state index in [-0.39, 0.29) is 17.9 Å². The number of hydrogen-bond acceptors (Lipinski definition) is 3. The van der Waals surface area contributed by atoms with E-state index in [0.29, 0.717) is 13.1 Å². The van der Waals surface area contributed by atoms with Crippen molar-refractivity contribution in [1.82, 2.24) is 15.1 Å². The van der Waals surface area contributed by atoms with E-state index in [1.807, 2.05) is 31.2 Å². The van der Waals surface area contributed by atoms with Crippen LogP contribution < -0.4 is 15.8 Å². The number of amides is 1. The smallest absolute Gasteiger partial charge is 0.266 e. The third-order valence-electron chi connectivity index (χ3n) is 4.88. The number of carbonyl (C=O) groups is 1. The molecule has 0 spiro atoms. The minimum absolute atomic E-state index is 0.0296. The molecule has 1 aromatic carbocycles. The summed E-state index contributed by atoms with van der Waals surface area (Å²) in [5.41, 5.74) is 2.69. The molecule has 0 atom stereocenters. The van der Waals surface area contributed by atoms with Crippen LogP contribution in [0.3, 0.4) is 0 Å². The van der Waals surface area contributed by atoms with Gasteiger partial charge < -0.3 is 10.2 Å². The molecule has 0 saturated carbocycles. The van der Waals surface area contributed by atoms with Crippen LogP contribution in [-0.2, 0) is 11.3 Å². The monoisotopic (exact) mass is 355 g/mol. The Balaban J connectivity index is 1.53. The van der Waals surface area contributed by atoms with E-state index < -0.39 is 0 Å². The van der Waals surface area contributed by atoms with Gasteiger partial charge in [-0.2, -0.15) is 5.10 Å². The maximum atomic E-state index is 12.0. The molecular formula is C20H27N4O2+. The lowest BCUT2D eigenvalue weighted by atomic mass is 10.1. The van der Waals surface area contributed by atoms with Crippen molar-refractivity contribution in [2.45, 2.75) is 32.7 Å². The fraction of sp³-hybridized carbons (Fsp3) is 0.450. The summed E-state index contributed by atoms with van der Waals surface area (Å²) in [6.45, 7) is 6.41. The third kappa shape index (κ3) is 5.02. The van der Waals surface area contributed by atoms with E-state index in [9.17, 15) is 9.59 Å². The highest BCUT2D eigenvalue weighted by Gasteiger charge is 2.14. The van der Waals surface area contributed by atoms with Gasteiger partial charge in [0, 0.05) is 30.9 Å². The number of quaternary nitrogens is 1. The summed E-state index contributed by atoms with van der Waals surface area (Å²) in [4.78, 5) is 25.6. The summed E-state index contributed by atoms with van der Waals surface area (Å²) in [6, 6.07) is 11.2. The molecule has 0 unspecified atom stereocenters. The summed E-state index contributed by atoms with van der Waals surface area (Å²) in [5, 5.41) is 7.36. The molecule has 2 aromatic rings. The molecule has 2 heterocycles. The van der Waals surface area contributed by atoms with Crippen molar-refractivity contribution < 1.29 is 9.69 Å². The number of carbonyl (C=O) groups excluding carboxylic acids is 1. The van der Waals surface area contributed by atoms with Crippen LogP contribution in [0.1, 0.15) is 24.8 Å². The van der Waals surface area contributed by atoms with Crippen molar-refractivity contribution in [3.8, 4) is 11.3 Å². The number of rotatable bonds is 7.